The van der Waals surface area contributed by atoms with E-state index in [9.17, 15) is 9.59 Å². The van der Waals surface area contributed by atoms with Gasteiger partial charge in [-0.25, -0.2) is 9.79 Å². The Morgan fingerprint density at radius 2 is 1.86 bits per heavy atom. The number of hydrogen-bond acceptors (Lipinski definition) is 8. The van der Waals surface area contributed by atoms with Gasteiger partial charge in [-0.2, -0.15) is 0 Å². The number of carbonyl (C=O) groups is 1. The smallest absolute Gasteiger partial charge is 0.338 e. The minimum Gasteiger partial charge on any atom is -0.493 e. The molecule has 1 aliphatic heterocycles. The fourth-order valence-electron chi connectivity index (χ4n) is 4.28. The largest absolute Gasteiger partial charge is 0.493 e. The molecule has 0 N–H and O–H groups in total. The van der Waals surface area contributed by atoms with Crippen molar-refractivity contribution in [1.82, 2.24) is 4.57 Å². The standard InChI is InChI=1S/C28H24N2O6S/c1-4-35-27(32)23-24(17-9-6-5-7-10-17)29-28-30(26(31)22(37-28)16-19-11-8-14-36-19)25(23)18-12-13-20(33-2)21(15-18)34-3/h5-16,25H,4H2,1-3H3/b22-16-/t25-/m0/s1. The molecule has 0 amide bonds. The molecule has 0 saturated heterocycles. The van der Waals surface area contributed by atoms with Crippen LogP contribution in [-0.4, -0.2) is 31.4 Å². The molecule has 0 aliphatic carbocycles. The molecule has 9 heteroatoms. The Bertz CT molecular complexity index is 1650. The van der Waals surface area contributed by atoms with E-state index in [1.807, 2.05) is 36.4 Å². The maximum atomic E-state index is 13.8. The maximum absolute atomic E-state index is 13.8. The number of methoxy groups -OCH3 is 2. The minimum absolute atomic E-state index is 0.173. The summed E-state index contributed by atoms with van der Waals surface area (Å²) in [5.41, 5.74) is 1.80. The molecular formula is C28H24N2O6S. The third-order valence-electron chi connectivity index (χ3n) is 5.91. The van der Waals surface area contributed by atoms with Crippen molar-refractivity contribution in [3.05, 3.63) is 109 Å². The Kier molecular flexibility index (Phi) is 6.78. The molecule has 0 radical (unpaired) electrons. The number of aromatic nitrogens is 1. The molecule has 2 aromatic heterocycles. The van der Waals surface area contributed by atoms with Crippen molar-refractivity contribution in [2.45, 2.75) is 13.0 Å². The summed E-state index contributed by atoms with van der Waals surface area (Å²) in [5.74, 6) is 0.992. The Morgan fingerprint density at radius 1 is 1.08 bits per heavy atom. The van der Waals surface area contributed by atoms with Gasteiger partial charge in [0.25, 0.3) is 5.56 Å². The Balaban J connectivity index is 1.85. The van der Waals surface area contributed by atoms with Crippen LogP contribution in [0.5, 0.6) is 11.5 Å². The highest BCUT2D eigenvalue weighted by Gasteiger charge is 2.35. The Morgan fingerprint density at radius 3 is 2.54 bits per heavy atom. The van der Waals surface area contributed by atoms with Crippen LogP contribution < -0.4 is 24.4 Å². The first-order valence-corrected chi connectivity index (χ1v) is 12.4. The number of furan rings is 1. The van der Waals surface area contributed by atoms with Crippen LogP contribution in [0.1, 0.15) is 29.9 Å². The number of ether oxygens (including phenoxy) is 3. The summed E-state index contributed by atoms with van der Waals surface area (Å²) in [6, 6.07) is 17.4. The van der Waals surface area contributed by atoms with Crippen molar-refractivity contribution in [3.8, 4) is 11.5 Å². The zero-order chi connectivity index (χ0) is 25.9. The van der Waals surface area contributed by atoms with Gasteiger partial charge in [0.15, 0.2) is 16.3 Å². The van der Waals surface area contributed by atoms with Crippen molar-refractivity contribution in [1.29, 1.82) is 0 Å². The lowest BCUT2D eigenvalue weighted by Crippen LogP contribution is -2.40. The summed E-state index contributed by atoms with van der Waals surface area (Å²) in [4.78, 5) is 32.5. The second kappa shape index (κ2) is 10.3. The van der Waals surface area contributed by atoms with Gasteiger partial charge >= 0.3 is 5.97 Å². The Hall–Kier alpha value is -4.37. The van der Waals surface area contributed by atoms with Gasteiger partial charge in [-0.15, -0.1) is 0 Å². The van der Waals surface area contributed by atoms with Gasteiger partial charge in [-0.3, -0.25) is 9.36 Å². The molecule has 0 spiro atoms. The third kappa shape index (κ3) is 4.49. The molecule has 1 atom stereocenters. The lowest BCUT2D eigenvalue weighted by atomic mass is 9.93. The highest BCUT2D eigenvalue weighted by Crippen LogP contribution is 2.38. The minimum atomic E-state index is -0.816. The first kappa shape index (κ1) is 24.3. The van der Waals surface area contributed by atoms with E-state index in [4.69, 9.17) is 23.6 Å². The zero-order valence-electron chi connectivity index (χ0n) is 20.5. The molecule has 0 unspecified atom stereocenters. The molecule has 188 valence electrons. The third-order valence-corrected chi connectivity index (χ3v) is 6.90. The first-order valence-electron chi connectivity index (χ1n) is 11.6. The summed E-state index contributed by atoms with van der Waals surface area (Å²) >= 11 is 1.23. The molecule has 2 aromatic carbocycles. The topological polar surface area (TPSA) is 92.3 Å². The number of rotatable bonds is 7. The van der Waals surface area contributed by atoms with Crippen molar-refractivity contribution < 1.29 is 23.4 Å². The van der Waals surface area contributed by atoms with Gasteiger partial charge in [0, 0.05) is 11.6 Å². The van der Waals surface area contributed by atoms with E-state index in [1.165, 1.54) is 23.0 Å². The van der Waals surface area contributed by atoms with Crippen molar-refractivity contribution in [2.75, 3.05) is 20.8 Å². The second-order valence-corrected chi connectivity index (χ2v) is 9.07. The molecule has 3 heterocycles. The summed E-state index contributed by atoms with van der Waals surface area (Å²) in [6.07, 6.45) is 3.22. The van der Waals surface area contributed by atoms with E-state index in [0.29, 0.717) is 37.9 Å². The predicted octanol–water partition coefficient (Wildman–Crippen LogP) is 3.55. The van der Waals surface area contributed by atoms with E-state index >= 15 is 0 Å². The lowest BCUT2D eigenvalue weighted by Gasteiger charge is -2.26. The van der Waals surface area contributed by atoms with Crippen molar-refractivity contribution in [3.63, 3.8) is 0 Å². The first-order chi connectivity index (χ1) is 18.0. The fraction of sp³-hybridized carbons (Fsp3) is 0.179. The van der Waals surface area contributed by atoms with Gasteiger partial charge in [0.2, 0.25) is 0 Å². The van der Waals surface area contributed by atoms with E-state index in [0.717, 1.165) is 5.56 Å². The number of benzene rings is 2. The number of esters is 1. The number of carbonyl (C=O) groups excluding carboxylic acids is 1. The highest BCUT2D eigenvalue weighted by molar-refractivity contribution is 7.07. The second-order valence-electron chi connectivity index (χ2n) is 8.06. The van der Waals surface area contributed by atoms with Crippen molar-refractivity contribution >= 4 is 29.1 Å². The van der Waals surface area contributed by atoms with E-state index < -0.39 is 12.0 Å². The SMILES string of the molecule is CCOC(=O)C1=C(c2ccccc2)N=c2s/c(=C\c3ccco3)c(=O)n2[C@H]1c1ccc(OC)c(OC)c1. The van der Waals surface area contributed by atoms with Gasteiger partial charge in [-0.1, -0.05) is 47.7 Å². The molecule has 4 aromatic rings. The van der Waals surface area contributed by atoms with Crippen LogP contribution in [0.2, 0.25) is 0 Å². The maximum Gasteiger partial charge on any atom is 0.338 e. The van der Waals surface area contributed by atoms with E-state index in [1.54, 1.807) is 50.6 Å². The summed E-state index contributed by atoms with van der Waals surface area (Å²) in [6.45, 7) is 1.91. The van der Waals surface area contributed by atoms with Crippen LogP contribution >= 0.6 is 11.3 Å². The summed E-state index contributed by atoms with van der Waals surface area (Å²) < 4.78 is 23.8. The number of thiazole rings is 1. The molecule has 0 fully saturated rings. The van der Waals surface area contributed by atoms with Gasteiger partial charge in [0.1, 0.15) is 5.76 Å². The predicted molar refractivity (Wildman–Crippen MR) is 139 cm³/mol. The van der Waals surface area contributed by atoms with Crippen LogP contribution in [0.3, 0.4) is 0 Å². The molecule has 37 heavy (non-hydrogen) atoms. The highest BCUT2D eigenvalue weighted by atomic mass is 32.1. The average molecular weight is 517 g/mol. The molecular weight excluding hydrogens is 492 g/mol. The Labute approximate surface area is 216 Å². The normalized spacial score (nSPS) is 15.2. The number of fused-ring (bicyclic) bond motifs is 1. The number of hydrogen-bond donors (Lipinski definition) is 0. The fourth-order valence-corrected chi connectivity index (χ4v) is 5.26. The zero-order valence-corrected chi connectivity index (χ0v) is 21.3. The molecule has 1 aliphatic rings. The lowest BCUT2D eigenvalue weighted by molar-refractivity contribution is -0.138. The molecule has 0 saturated carbocycles. The van der Waals surface area contributed by atoms with Crippen LogP contribution in [0.25, 0.3) is 11.8 Å². The van der Waals surface area contributed by atoms with Crippen molar-refractivity contribution in [2.24, 2.45) is 4.99 Å². The van der Waals surface area contributed by atoms with Gasteiger partial charge in [-0.05, 0) is 36.8 Å². The van der Waals surface area contributed by atoms with Crippen LogP contribution in [0, 0.1) is 0 Å². The van der Waals surface area contributed by atoms with Gasteiger partial charge in [0.05, 0.1) is 48.9 Å². The van der Waals surface area contributed by atoms with Crippen LogP contribution in [-0.2, 0) is 9.53 Å². The van der Waals surface area contributed by atoms with E-state index in [-0.39, 0.29) is 17.7 Å². The molecule has 8 nitrogen and oxygen atoms in total. The average Bonchev–Trinajstić information content (AvgIpc) is 3.55. The quantitative estimate of drug-likeness (QED) is 0.349. The monoisotopic (exact) mass is 516 g/mol. The molecule has 0 bridgehead atoms. The summed E-state index contributed by atoms with van der Waals surface area (Å²) in [7, 11) is 3.08. The molecule has 5 rings (SSSR count). The van der Waals surface area contributed by atoms with Gasteiger partial charge < -0.3 is 18.6 Å². The van der Waals surface area contributed by atoms with E-state index in [2.05, 4.69) is 0 Å². The van der Waals surface area contributed by atoms with Crippen LogP contribution in [0.15, 0.2) is 86.7 Å². The van der Waals surface area contributed by atoms with Crippen LogP contribution in [0.4, 0.5) is 0 Å². The number of nitrogens with zero attached hydrogens (tertiary/aromatic N) is 2. The summed E-state index contributed by atoms with van der Waals surface area (Å²) in [5, 5.41) is 0.